The van der Waals surface area contributed by atoms with Gasteiger partial charge in [0.1, 0.15) is 23.2 Å². The maximum atomic E-state index is 13.0. The molecular formula is C24H29N3O5. The number of hydrogen-bond donors (Lipinski definition) is 2. The molecule has 32 heavy (non-hydrogen) atoms. The first-order chi connectivity index (χ1) is 15.0. The highest BCUT2D eigenvalue weighted by Crippen LogP contribution is 2.29. The molecule has 2 N–H and O–H groups in total. The van der Waals surface area contributed by atoms with Gasteiger partial charge in [0.25, 0.3) is 5.91 Å². The fraction of sp³-hybridized carbons (Fsp3) is 0.375. The number of benzene rings is 2. The molecule has 0 fully saturated rings. The summed E-state index contributed by atoms with van der Waals surface area (Å²) in [6, 6.07) is 13.7. The lowest BCUT2D eigenvalue weighted by Crippen LogP contribution is -2.37. The van der Waals surface area contributed by atoms with Gasteiger partial charge in [-0.1, -0.05) is 26.0 Å². The standard InChI is InChI=1S/C24H29N3O5/c1-15(2)21(31-19-10-8-7-9-16(19)14-25)22(28)26-17-11-12-20(30-6)18(13-17)27-23(29)32-24(3,4)5/h7-13,15,21H,1-6H3,(H,26,28)(H,27,29). The molecule has 2 aromatic carbocycles. The van der Waals surface area contributed by atoms with E-state index in [2.05, 4.69) is 16.7 Å². The number of carbonyl (C=O) groups excluding carboxylic acids is 2. The summed E-state index contributed by atoms with van der Waals surface area (Å²) in [5, 5.41) is 14.7. The van der Waals surface area contributed by atoms with Gasteiger partial charge in [-0.05, 0) is 57.0 Å². The summed E-state index contributed by atoms with van der Waals surface area (Å²) < 4.78 is 16.4. The van der Waals surface area contributed by atoms with E-state index >= 15 is 0 Å². The van der Waals surface area contributed by atoms with Gasteiger partial charge in [0.05, 0.1) is 18.4 Å². The molecule has 0 heterocycles. The Morgan fingerprint density at radius 2 is 1.72 bits per heavy atom. The molecule has 2 amide bonds. The van der Waals surface area contributed by atoms with E-state index in [1.807, 2.05) is 13.8 Å². The van der Waals surface area contributed by atoms with Crippen molar-refractivity contribution in [2.75, 3.05) is 17.7 Å². The number of hydrogen-bond acceptors (Lipinski definition) is 6. The maximum absolute atomic E-state index is 13.0. The van der Waals surface area contributed by atoms with Crippen molar-refractivity contribution in [1.29, 1.82) is 5.26 Å². The van der Waals surface area contributed by atoms with Crippen LogP contribution >= 0.6 is 0 Å². The van der Waals surface area contributed by atoms with Crippen molar-refractivity contribution in [3.8, 4) is 17.6 Å². The molecule has 1 unspecified atom stereocenters. The first kappa shape index (κ1) is 24.5. The molecule has 0 aliphatic carbocycles. The minimum absolute atomic E-state index is 0.167. The Labute approximate surface area is 188 Å². The molecule has 0 aliphatic rings. The summed E-state index contributed by atoms with van der Waals surface area (Å²) in [7, 11) is 1.48. The van der Waals surface area contributed by atoms with Gasteiger partial charge in [-0.2, -0.15) is 5.26 Å². The molecular weight excluding hydrogens is 410 g/mol. The second-order valence-corrected chi connectivity index (χ2v) is 8.42. The second kappa shape index (κ2) is 10.5. The molecule has 0 aliphatic heterocycles. The van der Waals surface area contributed by atoms with E-state index in [1.165, 1.54) is 7.11 Å². The van der Waals surface area contributed by atoms with Crippen LogP contribution in [0.4, 0.5) is 16.2 Å². The number of nitrogens with zero attached hydrogens (tertiary/aromatic N) is 1. The van der Waals surface area contributed by atoms with Crippen LogP contribution in [-0.4, -0.2) is 30.8 Å². The molecule has 0 bridgehead atoms. The number of methoxy groups -OCH3 is 1. The lowest BCUT2D eigenvalue weighted by molar-refractivity contribution is -0.124. The number of anilines is 2. The van der Waals surface area contributed by atoms with Gasteiger partial charge < -0.3 is 19.5 Å². The Morgan fingerprint density at radius 3 is 2.31 bits per heavy atom. The number of carbonyl (C=O) groups is 2. The third kappa shape index (κ3) is 6.91. The number of amides is 2. The third-order valence-corrected chi connectivity index (χ3v) is 4.23. The van der Waals surface area contributed by atoms with E-state index < -0.39 is 17.8 Å². The topological polar surface area (TPSA) is 110 Å². The van der Waals surface area contributed by atoms with Crippen LogP contribution in [-0.2, 0) is 9.53 Å². The molecule has 0 radical (unpaired) electrons. The average molecular weight is 440 g/mol. The predicted molar refractivity (Wildman–Crippen MR) is 122 cm³/mol. The first-order valence-corrected chi connectivity index (χ1v) is 10.2. The van der Waals surface area contributed by atoms with Gasteiger partial charge in [-0.15, -0.1) is 0 Å². The normalized spacial score (nSPS) is 11.8. The zero-order chi connectivity index (χ0) is 23.9. The van der Waals surface area contributed by atoms with Crippen LogP contribution in [0.25, 0.3) is 0 Å². The van der Waals surface area contributed by atoms with Gasteiger partial charge in [0.2, 0.25) is 0 Å². The quantitative estimate of drug-likeness (QED) is 0.631. The van der Waals surface area contributed by atoms with Crippen LogP contribution in [0.1, 0.15) is 40.2 Å². The summed E-state index contributed by atoms with van der Waals surface area (Å²) in [5.74, 6) is 0.194. The summed E-state index contributed by atoms with van der Waals surface area (Å²) in [4.78, 5) is 25.1. The zero-order valence-electron chi connectivity index (χ0n) is 19.2. The van der Waals surface area contributed by atoms with E-state index in [0.29, 0.717) is 28.4 Å². The summed E-state index contributed by atoms with van der Waals surface area (Å²) in [5.41, 5.74) is 0.463. The largest absolute Gasteiger partial charge is 0.495 e. The SMILES string of the molecule is COc1ccc(NC(=O)C(Oc2ccccc2C#N)C(C)C)cc1NC(=O)OC(C)(C)C. The summed E-state index contributed by atoms with van der Waals surface area (Å²) in [6.45, 7) is 8.98. The Bertz CT molecular complexity index is 1010. The number of ether oxygens (including phenoxy) is 3. The van der Waals surface area contributed by atoms with Gasteiger partial charge in [-0.25, -0.2) is 4.79 Å². The molecule has 8 heteroatoms. The second-order valence-electron chi connectivity index (χ2n) is 8.42. The van der Waals surface area contributed by atoms with Crippen LogP contribution < -0.4 is 20.1 Å². The van der Waals surface area contributed by atoms with Crippen molar-refractivity contribution in [2.24, 2.45) is 5.92 Å². The van der Waals surface area contributed by atoms with E-state index in [-0.39, 0.29) is 11.8 Å². The zero-order valence-corrected chi connectivity index (χ0v) is 19.2. The van der Waals surface area contributed by atoms with Crippen molar-refractivity contribution in [3.63, 3.8) is 0 Å². The Hall–Kier alpha value is -3.73. The average Bonchev–Trinajstić information content (AvgIpc) is 2.70. The number of para-hydroxylation sites is 1. The number of nitrogens with one attached hydrogen (secondary N) is 2. The Morgan fingerprint density at radius 1 is 1.03 bits per heavy atom. The molecule has 0 saturated heterocycles. The molecule has 0 saturated carbocycles. The third-order valence-electron chi connectivity index (χ3n) is 4.23. The van der Waals surface area contributed by atoms with Crippen molar-refractivity contribution in [2.45, 2.75) is 46.3 Å². The van der Waals surface area contributed by atoms with Crippen LogP contribution in [0.15, 0.2) is 42.5 Å². The predicted octanol–water partition coefficient (Wildman–Crippen LogP) is 4.96. The summed E-state index contributed by atoms with van der Waals surface area (Å²) >= 11 is 0. The van der Waals surface area contributed by atoms with E-state index in [1.54, 1.807) is 63.2 Å². The van der Waals surface area contributed by atoms with Gasteiger partial charge in [-0.3, -0.25) is 10.1 Å². The Balaban J connectivity index is 2.21. The monoisotopic (exact) mass is 439 g/mol. The molecule has 8 nitrogen and oxygen atoms in total. The molecule has 0 aromatic heterocycles. The Kier molecular flexibility index (Phi) is 8.08. The van der Waals surface area contributed by atoms with Crippen molar-refractivity contribution in [1.82, 2.24) is 0 Å². The highest BCUT2D eigenvalue weighted by atomic mass is 16.6. The fourth-order valence-electron chi connectivity index (χ4n) is 2.80. The lowest BCUT2D eigenvalue weighted by atomic mass is 10.1. The van der Waals surface area contributed by atoms with Gasteiger partial charge >= 0.3 is 6.09 Å². The lowest BCUT2D eigenvalue weighted by Gasteiger charge is -2.23. The molecule has 2 aromatic rings. The minimum Gasteiger partial charge on any atom is -0.495 e. The molecule has 170 valence electrons. The van der Waals surface area contributed by atoms with Gasteiger partial charge in [0.15, 0.2) is 6.10 Å². The highest BCUT2D eigenvalue weighted by molar-refractivity contribution is 5.96. The van der Waals surface area contributed by atoms with Crippen LogP contribution in [0.5, 0.6) is 11.5 Å². The fourth-order valence-corrected chi connectivity index (χ4v) is 2.80. The van der Waals surface area contributed by atoms with E-state index in [0.717, 1.165) is 0 Å². The van der Waals surface area contributed by atoms with Gasteiger partial charge in [0, 0.05) is 5.69 Å². The number of rotatable bonds is 7. The van der Waals surface area contributed by atoms with Crippen LogP contribution in [0.3, 0.4) is 0 Å². The molecule has 2 rings (SSSR count). The molecule has 0 spiro atoms. The van der Waals surface area contributed by atoms with Crippen LogP contribution in [0.2, 0.25) is 0 Å². The smallest absolute Gasteiger partial charge is 0.412 e. The summed E-state index contributed by atoms with van der Waals surface area (Å²) in [6.07, 6.45) is -1.48. The highest BCUT2D eigenvalue weighted by Gasteiger charge is 2.26. The number of nitriles is 1. The van der Waals surface area contributed by atoms with Crippen molar-refractivity contribution >= 4 is 23.4 Å². The van der Waals surface area contributed by atoms with Crippen LogP contribution in [0, 0.1) is 17.2 Å². The van der Waals surface area contributed by atoms with Crippen molar-refractivity contribution in [3.05, 3.63) is 48.0 Å². The van der Waals surface area contributed by atoms with Crippen molar-refractivity contribution < 1.29 is 23.8 Å². The van der Waals surface area contributed by atoms with E-state index in [4.69, 9.17) is 14.2 Å². The van der Waals surface area contributed by atoms with E-state index in [9.17, 15) is 14.9 Å². The minimum atomic E-state index is -0.839. The molecule has 1 atom stereocenters. The first-order valence-electron chi connectivity index (χ1n) is 10.2. The maximum Gasteiger partial charge on any atom is 0.412 e.